The summed E-state index contributed by atoms with van der Waals surface area (Å²) in [6.07, 6.45) is 3.06. The Balaban J connectivity index is 1.38. The summed E-state index contributed by atoms with van der Waals surface area (Å²) in [6, 6.07) is 0.712. The smallest absolute Gasteiger partial charge is 0.0826 e. The van der Waals surface area contributed by atoms with Crippen molar-refractivity contribution in [2.45, 2.75) is 31.9 Å². The number of nitrogens with one attached hydrogen (secondary N) is 1. The van der Waals surface area contributed by atoms with Gasteiger partial charge >= 0.3 is 0 Å². The third kappa shape index (κ3) is 2.65. The third-order valence-electron chi connectivity index (χ3n) is 4.29. The van der Waals surface area contributed by atoms with Gasteiger partial charge in [-0.15, -0.1) is 0 Å². The molecule has 17 heavy (non-hydrogen) atoms. The van der Waals surface area contributed by atoms with E-state index in [9.17, 15) is 0 Å². The van der Waals surface area contributed by atoms with Crippen LogP contribution in [0.15, 0.2) is 0 Å². The van der Waals surface area contributed by atoms with Gasteiger partial charge in [0.2, 0.25) is 0 Å². The summed E-state index contributed by atoms with van der Waals surface area (Å²) >= 11 is 0. The monoisotopic (exact) mass is 240 g/mol. The lowest BCUT2D eigenvalue weighted by Gasteiger charge is -2.39. The number of morpholine rings is 1. The van der Waals surface area contributed by atoms with E-state index in [2.05, 4.69) is 17.1 Å². The number of hydrogen-bond acceptors (Lipinski definition) is 4. The van der Waals surface area contributed by atoms with Crippen molar-refractivity contribution < 1.29 is 9.47 Å². The van der Waals surface area contributed by atoms with Gasteiger partial charge in [-0.05, 0) is 19.4 Å². The molecular weight excluding hydrogens is 216 g/mol. The summed E-state index contributed by atoms with van der Waals surface area (Å²) in [6.45, 7) is 9.45. The minimum Gasteiger partial charge on any atom is -0.380 e. The molecule has 0 aromatic carbocycles. The first-order chi connectivity index (χ1) is 8.25. The second kappa shape index (κ2) is 4.84. The standard InChI is InChI=1S/C13H24N2O2/c1-13(9-16-10-13)8-14-5-12-6-15-4-2-3-11(15)7-17-12/h11-12,14H,2-10H2,1H3. The van der Waals surface area contributed by atoms with Gasteiger partial charge in [0.05, 0.1) is 25.9 Å². The molecule has 0 radical (unpaired) electrons. The van der Waals surface area contributed by atoms with E-state index in [-0.39, 0.29) is 0 Å². The number of nitrogens with zero attached hydrogens (tertiary/aromatic N) is 1. The number of rotatable bonds is 4. The molecule has 3 fully saturated rings. The van der Waals surface area contributed by atoms with Crippen LogP contribution in [0.2, 0.25) is 0 Å². The number of hydrogen-bond donors (Lipinski definition) is 1. The molecule has 2 atom stereocenters. The predicted molar refractivity (Wildman–Crippen MR) is 66.1 cm³/mol. The highest BCUT2D eigenvalue weighted by molar-refractivity contribution is 4.87. The van der Waals surface area contributed by atoms with E-state index in [1.165, 1.54) is 19.4 Å². The second-order valence-corrected chi connectivity index (χ2v) is 6.18. The van der Waals surface area contributed by atoms with Crippen molar-refractivity contribution >= 4 is 0 Å². The van der Waals surface area contributed by atoms with Gasteiger partial charge in [-0.25, -0.2) is 0 Å². The van der Waals surface area contributed by atoms with E-state index in [1.807, 2.05) is 0 Å². The Morgan fingerprint density at radius 1 is 1.41 bits per heavy atom. The average Bonchev–Trinajstić information content (AvgIpc) is 2.74. The molecule has 3 rings (SSSR count). The van der Waals surface area contributed by atoms with E-state index < -0.39 is 0 Å². The van der Waals surface area contributed by atoms with E-state index in [4.69, 9.17) is 9.47 Å². The van der Waals surface area contributed by atoms with E-state index in [0.717, 1.165) is 39.5 Å². The van der Waals surface area contributed by atoms with Crippen molar-refractivity contribution in [1.29, 1.82) is 0 Å². The lowest BCUT2D eigenvalue weighted by molar-refractivity contribution is -0.102. The van der Waals surface area contributed by atoms with Gasteiger partial charge in [-0.1, -0.05) is 6.92 Å². The van der Waals surface area contributed by atoms with Gasteiger partial charge in [0.1, 0.15) is 0 Å². The zero-order chi connectivity index (χ0) is 11.7. The highest BCUT2D eigenvalue weighted by Crippen LogP contribution is 2.25. The van der Waals surface area contributed by atoms with Crippen LogP contribution in [-0.4, -0.2) is 63.0 Å². The molecule has 0 spiro atoms. The van der Waals surface area contributed by atoms with Crippen LogP contribution in [0.25, 0.3) is 0 Å². The van der Waals surface area contributed by atoms with Crippen molar-refractivity contribution in [3.63, 3.8) is 0 Å². The van der Waals surface area contributed by atoms with Gasteiger partial charge in [-0.2, -0.15) is 0 Å². The molecule has 3 aliphatic heterocycles. The van der Waals surface area contributed by atoms with Crippen LogP contribution >= 0.6 is 0 Å². The van der Waals surface area contributed by atoms with Crippen LogP contribution in [0.5, 0.6) is 0 Å². The zero-order valence-electron chi connectivity index (χ0n) is 10.8. The fourth-order valence-corrected chi connectivity index (χ4v) is 3.10. The second-order valence-electron chi connectivity index (χ2n) is 6.18. The largest absolute Gasteiger partial charge is 0.380 e. The van der Waals surface area contributed by atoms with Crippen molar-refractivity contribution in [2.75, 3.05) is 46.0 Å². The maximum atomic E-state index is 5.92. The average molecular weight is 240 g/mol. The minimum absolute atomic E-state index is 0.366. The van der Waals surface area contributed by atoms with Gasteiger partial charge in [-0.3, -0.25) is 4.90 Å². The maximum absolute atomic E-state index is 5.92. The number of fused-ring (bicyclic) bond motifs is 1. The molecule has 0 saturated carbocycles. The molecule has 0 amide bonds. The molecule has 0 bridgehead atoms. The van der Waals surface area contributed by atoms with E-state index >= 15 is 0 Å². The van der Waals surface area contributed by atoms with Crippen LogP contribution < -0.4 is 5.32 Å². The molecule has 3 saturated heterocycles. The van der Waals surface area contributed by atoms with Crippen molar-refractivity contribution in [3.8, 4) is 0 Å². The lowest BCUT2D eigenvalue weighted by atomic mass is 9.89. The molecule has 0 aliphatic carbocycles. The summed E-state index contributed by atoms with van der Waals surface area (Å²) in [5.41, 5.74) is 0.366. The fourth-order valence-electron chi connectivity index (χ4n) is 3.10. The minimum atomic E-state index is 0.366. The van der Waals surface area contributed by atoms with Gasteiger partial charge in [0, 0.05) is 31.1 Å². The molecule has 3 aliphatic rings. The summed E-state index contributed by atoms with van der Waals surface area (Å²) in [5.74, 6) is 0. The molecule has 1 N–H and O–H groups in total. The van der Waals surface area contributed by atoms with Crippen molar-refractivity contribution in [3.05, 3.63) is 0 Å². The summed E-state index contributed by atoms with van der Waals surface area (Å²) in [4.78, 5) is 2.60. The first-order valence-corrected chi connectivity index (χ1v) is 6.89. The van der Waals surface area contributed by atoms with Gasteiger partial charge in [0.25, 0.3) is 0 Å². The molecule has 4 heteroatoms. The summed E-state index contributed by atoms with van der Waals surface area (Å²) < 4.78 is 11.2. The van der Waals surface area contributed by atoms with Crippen LogP contribution in [0.4, 0.5) is 0 Å². The number of ether oxygens (including phenoxy) is 2. The molecule has 3 heterocycles. The molecule has 0 aromatic heterocycles. The third-order valence-corrected chi connectivity index (χ3v) is 4.29. The van der Waals surface area contributed by atoms with E-state index in [0.29, 0.717) is 17.6 Å². The lowest BCUT2D eigenvalue weighted by Crippen LogP contribution is -2.52. The van der Waals surface area contributed by atoms with Crippen molar-refractivity contribution in [2.24, 2.45) is 5.41 Å². The summed E-state index contributed by atoms with van der Waals surface area (Å²) in [7, 11) is 0. The van der Waals surface area contributed by atoms with Crippen LogP contribution in [-0.2, 0) is 9.47 Å². The highest BCUT2D eigenvalue weighted by Gasteiger charge is 2.34. The zero-order valence-corrected chi connectivity index (χ0v) is 10.8. The molecule has 4 nitrogen and oxygen atoms in total. The molecule has 0 aromatic rings. The molecule has 98 valence electrons. The SMILES string of the molecule is CC1(CNCC2CN3CCCC3CO2)COC1. The summed E-state index contributed by atoms with van der Waals surface area (Å²) in [5, 5.41) is 3.55. The normalized spacial score (nSPS) is 36.5. The molecule has 2 unspecified atom stereocenters. The Hall–Kier alpha value is -0.160. The maximum Gasteiger partial charge on any atom is 0.0826 e. The van der Waals surface area contributed by atoms with Gasteiger partial charge in [0.15, 0.2) is 0 Å². The Bertz CT molecular complexity index is 268. The Labute approximate surface area is 104 Å². The first kappa shape index (κ1) is 11.9. The Morgan fingerprint density at radius 3 is 3.06 bits per heavy atom. The topological polar surface area (TPSA) is 33.7 Å². The van der Waals surface area contributed by atoms with Crippen LogP contribution in [0, 0.1) is 5.41 Å². The van der Waals surface area contributed by atoms with Crippen molar-refractivity contribution in [1.82, 2.24) is 10.2 Å². The van der Waals surface area contributed by atoms with Crippen LogP contribution in [0.3, 0.4) is 0 Å². The van der Waals surface area contributed by atoms with Crippen LogP contribution in [0.1, 0.15) is 19.8 Å². The van der Waals surface area contributed by atoms with Gasteiger partial charge < -0.3 is 14.8 Å². The quantitative estimate of drug-likeness (QED) is 0.775. The molecular formula is C13H24N2O2. The highest BCUT2D eigenvalue weighted by atomic mass is 16.5. The Morgan fingerprint density at radius 2 is 2.29 bits per heavy atom. The van der Waals surface area contributed by atoms with E-state index in [1.54, 1.807) is 0 Å². The fraction of sp³-hybridized carbons (Fsp3) is 1.00. The first-order valence-electron chi connectivity index (χ1n) is 6.89. The Kier molecular flexibility index (Phi) is 3.39. The predicted octanol–water partition coefficient (Wildman–Crippen LogP) is 0.476.